The predicted molar refractivity (Wildman–Crippen MR) is 126 cm³/mol. The molecule has 8 heteroatoms. The van der Waals surface area contributed by atoms with Gasteiger partial charge in [0.25, 0.3) is 0 Å². The molecule has 0 bridgehead atoms. The van der Waals surface area contributed by atoms with Crippen molar-refractivity contribution in [3.05, 3.63) is 40.9 Å². The molecule has 1 unspecified atom stereocenters. The van der Waals surface area contributed by atoms with E-state index in [0.717, 1.165) is 11.4 Å². The third-order valence-corrected chi connectivity index (χ3v) is 7.22. The fraction of sp³-hybridized carbons (Fsp3) is 0.500. The molecular formula is C24H30N4O3S. The molecule has 2 aliphatic rings. The molecule has 1 aromatic carbocycles. The van der Waals surface area contributed by atoms with Crippen molar-refractivity contribution < 1.29 is 14.4 Å². The van der Waals surface area contributed by atoms with E-state index < -0.39 is 0 Å². The number of carbonyl (C=O) groups excluding carboxylic acids is 3. The van der Waals surface area contributed by atoms with Crippen LogP contribution in [0.5, 0.6) is 0 Å². The minimum atomic E-state index is -0.325. The van der Waals surface area contributed by atoms with Crippen molar-refractivity contribution in [2.45, 2.75) is 46.0 Å². The standard InChI is InChI=1S/C24H30N4O3S/c1-15(2)18-5-4-6-20(11-18)28-13-19(12-21(28)29)23(31)27-9-7-17(8-10-27)22(30)26-24-25-16(3)14-32-24/h4-6,11,14-15,17,19H,7-10,12-13H2,1-3H3,(H,25,26,30). The van der Waals surface area contributed by atoms with Gasteiger partial charge in [-0.1, -0.05) is 26.0 Å². The van der Waals surface area contributed by atoms with E-state index in [0.29, 0.717) is 43.5 Å². The number of nitrogens with zero attached hydrogens (tertiary/aromatic N) is 3. The van der Waals surface area contributed by atoms with Crippen LogP contribution >= 0.6 is 11.3 Å². The van der Waals surface area contributed by atoms with Gasteiger partial charge in [-0.3, -0.25) is 14.4 Å². The molecule has 1 N–H and O–H groups in total. The number of hydrogen-bond acceptors (Lipinski definition) is 5. The van der Waals surface area contributed by atoms with Crippen molar-refractivity contribution in [3.8, 4) is 0 Å². The second-order valence-corrected chi connectivity index (χ2v) is 9.90. The van der Waals surface area contributed by atoms with Gasteiger partial charge in [0, 0.05) is 43.0 Å². The first-order valence-corrected chi connectivity index (χ1v) is 12.1. The van der Waals surface area contributed by atoms with Crippen LogP contribution in [-0.2, 0) is 14.4 Å². The molecule has 0 radical (unpaired) electrons. The number of likely N-dealkylation sites (tertiary alicyclic amines) is 1. The van der Waals surface area contributed by atoms with E-state index in [-0.39, 0.29) is 36.0 Å². The summed E-state index contributed by atoms with van der Waals surface area (Å²) in [5.41, 5.74) is 2.93. The van der Waals surface area contributed by atoms with Crippen molar-refractivity contribution in [2.24, 2.45) is 11.8 Å². The first-order valence-electron chi connectivity index (χ1n) is 11.2. The maximum absolute atomic E-state index is 13.1. The Hall–Kier alpha value is -2.74. The summed E-state index contributed by atoms with van der Waals surface area (Å²) in [6.07, 6.45) is 1.50. The van der Waals surface area contributed by atoms with Gasteiger partial charge in [-0.05, 0) is 43.4 Å². The zero-order valence-electron chi connectivity index (χ0n) is 18.8. The van der Waals surface area contributed by atoms with E-state index in [1.54, 1.807) is 4.90 Å². The Balaban J connectivity index is 1.32. The number of carbonyl (C=O) groups is 3. The molecule has 7 nitrogen and oxygen atoms in total. The molecule has 2 aliphatic heterocycles. The van der Waals surface area contributed by atoms with Crippen LogP contribution in [0.3, 0.4) is 0 Å². The monoisotopic (exact) mass is 454 g/mol. The van der Waals surface area contributed by atoms with Gasteiger partial charge in [-0.15, -0.1) is 11.3 Å². The van der Waals surface area contributed by atoms with E-state index in [4.69, 9.17) is 0 Å². The van der Waals surface area contributed by atoms with E-state index in [9.17, 15) is 14.4 Å². The highest BCUT2D eigenvalue weighted by Crippen LogP contribution is 2.30. The average molecular weight is 455 g/mol. The molecule has 170 valence electrons. The molecule has 2 saturated heterocycles. The molecule has 3 heterocycles. The van der Waals surface area contributed by atoms with Gasteiger partial charge in [-0.25, -0.2) is 4.98 Å². The van der Waals surface area contributed by atoms with Crippen LogP contribution in [-0.4, -0.2) is 47.2 Å². The second-order valence-electron chi connectivity index (χ2n) is 9.04. The lowest BCUT2D eigenvalue weighted by Gasteiger charge is -2.32. The molecule has 4 rings (SSSR count). The Morgan fingerprint density at radius 3 is 2.59 bits per heavy atom. The zero-order valence-corrected chi connectivity index (χ0v) is 19.7. The molecule has 0 aliphatic carbocycles. The normalized spacial score (nSPS) is 19.6. The van der Waals surface area contributed by atoms with Crippen LogP contribution in [0.25, 0.3) is 0 Å². The van der Waals surface area contributed by atoms with Gasteiger partial charge in [0.2, 0.25) is 17.7 Å². The molecule has 2 fully saturated rings. The zero-order chi connectivity index (χ0) is 22.8. The molecule has 2 aromatic rings. The van der Waals surface area contributed by atoms with E-state index in [1.165, 1.54) is 16.9 Å². The third-order valence-electron chi connectivity index (χ3n) is 6.35. The lowest BCUT2D eigenvalue weighted by molar-refractivity contribution is -0.138. The number of benzene rings is 1. The van der Waals surface area contributed by atoms with Gasteiger partial charge in [-0.2, -0.15) is 0 Å². The highest BCUT2D eigenvalue weighted by atomic mass is 32.1. The highest BCUT2D eigenvalue weighted by Gasteiger charge is 2.38. The number of anilines is 2. The Morgan fingerprint density at radius 1 is 1.19 bits per heavy atom. The number of hydrogen-bond donors (Lipinski definition) is 1. The maximum Gasteiger partial charge on any atom is 0.229 e. The first-order chi connectivity index (χ1) is 15.3. The summed E-state index contributed by atoms with van der Waals surface area (Å²) in [7, 11) is 0. The van der Waals surface area contributed by atoms with E-state index in [2.05, 4.69) is 30.2 Å². The van der Waals surface area contributed by atoms with Gasteiger partial charge in [0.15, 0.2) is 5.13 Å². The van der Waals surface area contributed by atoms with Crippen LogP contribution in [0, 0.1) is 18.8 Å². The van der Waals surface area contributed by atoms with E-state index in [1.807, 2.05) is 35.4 Å². The van der Waals surface area contributed by atoms with Crippen LogP contribution < -0.4 is 10.2 Å². The summed E-state index contributed by atoms with van der Waals surface area (Å²) < 4.78 is 0. The Bertz CT molecular complexity index is 1010. The Morgan fingerprint density at radius 2 is 1.94 bits per heavy atom. The largest absolute Gasteiger partial charge is 0.342 e. The number of rotatable bonds is 5. The summed E-state index contributed by atoms with van der Waals surface area (Å²) in [4.78, 5) is 46.1. The van der Waals surface area contributed by atoms with Crippen LogP contribution in [0.4, 0.5) is 10.8 Å². The predicted octanol–water partition coefficient (Wildman–Crippen LogP) is 3.81. The van der Waals surface area contributed by atoms with E-state index >= 15 is 0 Å². The second kappa shape index (κ2) is 9.40. The Kier molecular flexibility index (Phi) is 6.60. The van der Waals surface area contributed by atoms with Crippen molar-refractivity contribution in [3.63, 3.8) is 0 Å². The van der Waals surface area contributed by atoms with Gasteiger partial charge in [0.1, 0.15) is 0 Å². The lowest BCUT2D eigenvalue weighted by Crippen LogP contribution is -2.44. The van der Waals surface area contributed by atoms with Crippen molar-refractivity contribution in [2.75, 3.05) is 29.9 Å². The summed E-state index contributed by atoms with van der Waals surface area (Å²) >= 11 is 1.42. The smallest absolute Gasteiger partial charge is 0.229 e. The topological polar surface area (TPSA) is 82.6 Å². The molecule has 32 heavy (non-hydrogen) atoms. The maximum atomic E-state index is 13.1. The van der Waals surface area contributed by atoms with Crippen molar-refractivity contribution in [1.29, 1.82) is 0 Å². The number of aryl methyl sites for hydroxylation is 1. The van der Waals surface area contributed by atoms with Crippen molar-refractivity contribution in [1.82, 2.24) is 9.88 Å². The number of amides is 3. The van der Waals surface area contributed by atoms with Crippen molar-refractivity contribution >= 4 is 39.9 Å². The number of aromatic nitrogens is 1. The quantitative estimate of drug-likeness (QED) is 0.745. The summed E-state index contributed by atoms with van der Waals surface area (Å²) in [5, 5.41) is 5.41. The Labute approximate surface area is 192 Å². The molecule has 0 spiro atoms. The fourth-order valence-corrected chi connectivity index (χ4v) is 5.10. The van der Waals surface area contributed by atoms with Crippen LogP contribution in [0.15, 0.2) is 29.6 Å². The molecule has 0 saturated carbocycles. The molecular weight excluding hydrogens is 424 g/mol. The molecule has 3 amide bonds. The highest BCUT2D eigenvalue weighted by molar-refractivity contribution is 7.13. The van der Waals surface area contributed by atoms with Crippen LogP contribution in [0.2, 0.25) is 0 Å². The van der Waals surface area contributed by atoms with Gasteiger partial charge >= 0.3 is 0 Å². The molecule has 1 aromatic heterocycles. The van der Waals surface area contributed by atoms with Gasteiger partial charge in [0.05, 0.1) is 11.6 Å². The van der Waals surface area contributed by atoms with Gasteiger partial charge < -0.3 is 15.1 Å². The fourth-order valence-electron chi connectivity index (χ4n) is 4.41. The van der Waals surface area contributed by atoms with Crippen LogP contribution in [0.1, 0.15) is 50.3 Å². The average Bonchev–Trinajstić information content (AvgIpc) is 3.38. The SMILES string of the molecule is Cc1csc(NC(=O)C2CCN(C(=O)C3CC(=O)N(c4cccc(C(C)C)c4)C3)CC2)n1. The minimum Gasteiger partial charge on any atom is -0.342 e. The molecule has 1 atom stereocenters. The third kappa shape index (κ3) is 4.85. The number of piperidine rings is 1. The summed E-state index contributed by atoms with van der Waals surface area (Å²) in [6, 6.07) is 8.01. The summed E-state index contributed by atoms with van der Waals surface area (Å²) in [5.74, 6) is -0.0768. The minimum absolute atomic E-state index is 0.00254. The number of nitrogens with one attached hydrogen (secondary N) is 1. The first kappa shape index (κ1) is 22.5. The number of thiazole rings is 1. The summed E-state index contributed by atoms with van der Waals surface area (Å²) in [6.45, 7) is 7.65. The lowest BCUT2D eigenvalue weighted by atomic mass is 9.94.